The van der Waals surface area contributed by atoms with Crippen molar-refractivity contribution in [3.8, 4) is 0 Å². The average Bonchev–Trinajstić information content (AvgIpc) is 2.84. The first-order chi connectivity index (χ1) is 11.7. The van der Waals surface area contributed by atoms with Gasteiger partial charge in [0.2, 0.25) is 5.78 Å². The Kier molecular flexibility index (Phi) is 4.01. The van der Waals surface area contributed by atoms with Crippen LogP contribution in [0.3, 0.4) is 0 Å². The van der Waals surface area contributed by atoms with Crippen molar-refractivity contribution in [2.45, 2.75) is 77.2 Å². The zero-order valence-electron chi connectivity index (χ0n) is 15.1. The van der Waals surface area contributed by atoms with E-state index in [-0.39, 0.29) is 42.2 Å². The van der Waals surface area contributed by atoms with Gasteiger partial charge in [-0.2, -0.15) is 8.78 Å². The van der Waals surface area contributed by atoms with Gasteiger partial charge in [-0.15, -0.1) is 0 Å². The second-order valence-electron chi connectivity index (χ2n) is 9.19. The van der Waals surface area contributed by atoms with Gasteiger partial charge < -0.3 is 4.74 Å². The molecule has 0 saturated heterocycles. The number of hydrogen-bond acceptors (Lipinski definition) is 3. The molecule has 4 aliphatic carbocycles. The third-order valence-electron chi connectivity index (χ3n) is 8.09. The Balaban J connectivity index is 1.54. The van der Waals surface area contributed by atoms with Crippen molar-refractivity contribution < 1.29 is 23.1 Å². The zero-order chi connectivity index (χ0) is 18.0. The van der Waals surface area contributed by atoms with Gasteiger partial charge in [-0.05, 0) is 68.1 Å². The Morgan fingerprint density at radius 1 is 1.08 bits per heavy atom. The molecule has 25 heavy (non-hydrogen) atoms. The highest BCUT2D eigenvalue weighted by molar-refractivity contribution is 5.86. The normalized spacial score (nSPS) is 48.2. The molecule has 0 amide bonds. The molecule has 3 nitrogen and oxygen atoms in total. The van der Waals surface area contributed by atoms with E-state index in [0.717, 1.165) is 38.5 Å². The summed E-state index contributed by atoms with van der Waals surface area (Å²) < 4.78 is 33.3. The van der Waals surface area contributed by atoms with Crippen molar-refractivity contribution in [3.05, 3.63) is 0 Å². The van der Waals surface area contributed by atoms with Gasteiger partial charge in [-0.25, -0.2) is 0 Å². The van der Waals surface area contributed by atoms with Crippen LogP contribution in [-0.2, 0) is 14.3 Å². The molecule has 4 rings (SSSR count). The molecule has 4 saturated carbocycles. The van der Waals surface area contributed by atoms with Gasteiger partial charge in [0, 0.05) is 25.2 Å². The fourth-order valence-corrected chi connectivity index (χ4v) is 6.96. The number of Topliss-reactive ketones (excluding diaryl/α,β-unsaturated/α-hetero) is 1. The van der Waals surface area contributed by atoms with Gasteiger partial charge in [0.1, 0.15) is 6.10 Å². The highest BCUT2D eigenvalue weighted by atomic mass is 19.3. The molecular formula is C20H28F2O3. The molecule has 2 unspecified atom stereocenters. The van der Waals surface area contributed by atoms with Crippen LogP contribution in [0, 0.1) is 35.0 Å². The summed E-state index contributed by atoms with van der Waals surface area (Å²) in [6.45, 7) is 3.72. The number of halogens is 2. The van der Waals surface area contributed by atoms with Gasteiger partial charge >= 0.3 is 11.9 Å². The number of carbonyl (C=O) groups excluding carboxylic acids is 2. The molecule has 0 heterocycles. The lowest BCUT2D eigenvalue weighted by Gasteiger charge is -2.55. The summed E-state index contributed by atoms with van der Waals surface area (Å²) >= 11 is 0. The molecule has 5 heteroatoms. The van der Waals surface area contributed by atoms with E-state index in [9.17, 15) is 18.4 Å². The monoisotopic (exact) mass is 354 g/mol. The van der Waals surface area contributed by atoms with Crippen LogP contribution >= 0.6 is 0 Å². The van der Waals surface area contributed by atoms with Gasteiger partial charge in [0.05, 0.1) is 0 Å². The van der Waals surface area contributed by atoms with Crippen molar-refractivity contribution in [1.29, 1.82) is 0 Å². The van der Waals surface area contributed by atoms with E-state index in [1.54, 1.807) is 0 Å². The molecule has 0 bridgehead atoms. The van der Waals surface area contributed by atoms with Crippen LogP contribution in [0.4, 0.5) is 8.78 Å². The molecular weight excluding hydrogens is 326 g/mol. The maximum Gasteiger partial charge on any atom is 0.305 e. The Labute approximate surface area is 147 Å². The molecule has 0 aromatic carbocycles. The number of fused-ring (bicyclic) bond motifs is 5. The molecule has 0 N–H and O–H groups in total. The second kappa shape index (κ2) is 5.75. The minimum Gasteiger partial charge on any atom is -0.462 e. The van der Waals surface area contributed by atoms with Crippen LogP contribution in [0.5, 0.6) is 0 Å². The average molecular weight is 354 g/mol. The summed E-state index contributed by atoms with van der Waals surface area (Å²) in [6.07, 6.45) is 5.55. The molecule has 0 aliphatic heterocycles. The standard InChI is InChI=1S/C20H28F2O3/c1-11(23)25-18-6-5-16-14-4-3-12-10-20(21,22)17(24)9-15(12)13(14)7-8-19(16,18)2/h12-16,18H,3-10H2,1-2H3/t12?,13-,14+,15-,16-,18?,19-/m0/s1. The molecule has 0 aromatic heterocycles. The molecule has 4 aliphatic rings. The van der Waals surface area contributed by atoms with Crippen molar-refractivity contribution in [2.75, 3.05) is 0 Å². The lowest BCUT2D eigenvalue weighted by atomic mass is 9.50. The Morgan fingerprint density at radius 3 is 2.56 bits per heavy atom. The lowest BCUT2D eigenvalue weighted by molar-refractivity contribution is -0.167. The van der Waals surface area contributed by atoms with Gasteiger partial charge in [0.15, 0.2) is 0 Å². The molecule has 140 valence electrons. The Hall–Kier alpha value is -1.00. The van der Waals surface area contributed by atoms with Gasteiger partial charge in [-0.3, -0.25) is 9.59 Å². The van der Waals surface area contributed by atoms with Gasteiger partial charge in [0.25, 0.3) is 0 Å². The number of alkyl halides is 2. The largest absolute Gasteiger partial charge is 0.462 e. The smallest absolute Gasteiger partial charge is 0.305 e. The highest BCUT2D eigenvalue weighted by Gasteiger charge is 2.60. The first-order valence-corrected chi connectivity index (χ1v) is 9.81. The van der Waals surface area contributed by atoms with Crippen molar-refractivity contribution in [1.82, 2.24) is 0 Å². The number of rotatable bonds is 1. The van der Waals surface area contributed by atoms with Crippen LogP contribution in [-0.4, -0.2) is 23.8 Å². The van der Waals surface area contributed by atoms with Crippen LogP contribution in [0.25, 0.3) is 0 Å². The fourth-order valence-electron chi connectivity index (χ4n) is 6.96. The quantitative estimate of drug-likeness (QED) is 0.656. The van der Waals surface area contributed by atoms with Crippen LogP contribution < -0.4 is 0 Å². The Bertz CT molecular complexity index is 589. The van der Waals surface area contributed by atoms with E-state index in [1.807, 2.05) is 0 Å². The first-order valence-electron chi connectivity index (χ1n) is 9.81. The maximum absolute atomic E-state index is 13.8. The highest BCUT2D eigenvalue weighted by Crippen LogP contribution is 2.63. The van der Waals surface area contributed by atoms with Gasteiger partial charge in [-0.1, -0.05) is 6.92 Å². The number of hydrogen-bond donors (Lipinski definition) is 0. The number of carbonyl (C=O) groups is 2. The van der Waals surface area contributed by atoms with Crippen LogP contribution in [0.1, 0.15) is 65.2 Å². The predicted molar refractivity (Wildman–Crippen MR) is 88.0 cm³/mol. The van der Waals surface area contributed by atoms with Crippen LogP contribution in [0.15, 0.2) is 0 Å². The number of ether oxygens (including phenoxy) is 1. The summed E-state index contributed by atoms with van der Waals surface area (Å²) in [7, 11) is 0. The summed E-state index contributed by atoms with van der Waals surface area (Å²) in [5, 5.41) is 0. The van der Waals surface area contributed by atoms with Crippen molar-refractivity contribution in [3.63, 3.8) is 0 Å². The summed E-state index contributed by atoms with van der Waals surface area (Å²) in [5.74, 6) is -2.62. The minimum atomic E-state index is -3.11. The van der Waals surface area contributed by atoms with E-state index in [0.29, 0.717) is 17.8 Å². The maximum atomic E-state index is 13.8. The third kappa shape index (κ3) is 2.64. The van der Waals surface area contributed by atoms with E-state index in [2.05, 4.69) is 6.92 Å². The van der Waals surface area contributed by atoms with E-state index >= 15 is 0 Å². The fraction of sp³-hybridized carbons (Fsp3) is 0.900. The second-order valence-corrected chi connectivity index (χ2v) is 9.19. The van der Waals surface area contributed by atoms with E-state index < -0.39 is 11.7 Å². The number of esters is 1. The predicted octanol–water partition coefficient (Wildman–Crippen LogP) is 4.39. The van der Waals surface area contributed by atoms with Crippen LogP contribution in [0.2, 0.25) is 0 Å². The Morgan fingerprint density at radius 2 is 1.84 bits per heavy atom. The molecule has 0 radical (unpaired) electrons. The summed E-state index contributed by atoms with van der Waals surface area (Å²) in [4.78, 5) is 23.4. The summed E-state index contributed by atoms with van der Waals surface area (Å²) in [6, 6.07) is 0. The van der Waals surface area contributed by atoms with E-state index in [4.69, 9.17) is 4.74 Å². The SMILES string of the molecule is CC(=O)OC1CC[C@H]2[C@@H]3CCC4CC(F)(F)C(=O)C[C@@H]4[C@H]3CC[C@]12C. The molecule has 0 aromatic rings. The number of ketones is 1. The molecule has 0 spiro atoms. The molecule has 7 atom stereocenters. The minimum absolute atomic E-state index is 0.00368. The van der Waals surface area contributed by atoms with Crippen molar-refractivity contribution >= 4 is 11.8 Å². The zero-order valence-corrected chi connectivity index (χ0v) is 15.1. The summed E-state index contributed by atoms with van der Waals surface area (Å²) in [5.41, 5.74) is 0.0162. The van der Waals surface area contributed by atoms with E-state index in [1.165, 1.54) is 6.92 Å². The first kappa shape index (κ1) is 17.4. The topological polar surface area (TPSA) is 43.4 Å². The lowest BCUT2D eigenvalue weighted by Crippen LogP contribution is -2.52. The molecule has 4 fully saturated rings. The third-order valence-corrected chi connectivity index (χ3v) is 8.09. The van der Waals surface area contributed by atoms with Crippen molar-refractivity contribution in [2.24, 2.45) is 35.0 Å².